The van der Waals surface area contributed by atoms with Crippen molar-refractivity contribution < 1.29 is 19.1 Å². The summed E-state index contributed by atoms with van der Waals surface area (Å²) in [7, 11) is 0. The molecule has 0 radical (unpaired) electrons. The third-order valence-corrected chi connectivity index (χ3v) is 4.70. The number of carbonyl (C=O) groups excluding carboxylic acids is 1. The quantitative estimate of drug-likeness (QED) is 0.877. The lowest BCUT2D eigenvalue weighted by molar-refractivity contribution is -0.147. The molecule has 1 aromatic carbocycles. The Morgan fingerprint density at radius 1 is 1.43 bits per heavy atom. The highest BCUT2D eigenvalue weighted by Crippen LogP contribution is 2.55. The Morgan fingerprint density at radius 3 is 2.43 bits per heavy atom. The summed E-state index contributed by atoms with van der Waals surface area (Å²) in [6.45, 7) is 5.46. The van der Waals surface area contributed by atoms with Gasteiger partial charge in [0.15, 0.2) is 5.54 Å². The number of halogens is 1. The average molecular weight is 293 g/mol. The van der Waals surface area contributed by atoms with E-state index < -0.39 is 17.3 Å². The number of carboxylic acids is 1. The van der Waals surface area contributed by atoms with Gasteiger partial charge in [0, 0.05) is 5.92 Å². The fourth-order valence-electron chi connectivity index (χ4n) is 2.57. The molecule has 0 saturated heterocycles. The molecule has 0 aromatic heterocycles. The minimum Gasteiger partial charge on any atom is -0.479 e. The summed E-state index contributed by atoms with van der Waals surface area (Å²) in [6.07, 6.45) is 1.65. The Bertz CT molecular complexity index is 571. The summed E-state index contributed by atoms with van der Waals surface area (Å²) in [4.78, 5) is 23.9. The first kappa shape index (κ1) is 15.5. The Morgan fingerprint density at radius 2 is 2.00 bits per heavy atom. The summed E-state index contributed by atoms with van der Waals surface area (Å²) in [5.41, 5.74) is -1.24. The van der Waals surface area contributed by atoms with E-state index in [4.69, 9.17) is 0 Å². The van der Waals surface area contributed by atoms with Gasteiger partial charge in [0.1, 0.15) is 5.82 Å². The van der Waals surface area contributed by atoms with Crippen LogP contribution < -0.4 is 5.32 Å². The van der Waals surface area contributed by atoms with Gasteiger partial charge in [0.2, 0.25) is 5.91 Å². The first-order chi connectivity index (χ1) is 9.73. The van der Waals surface area contributed by atoms with Gasteiger partial charge in [-0.05, 0) is 42.9 Å². The Balaban J connectivity index is 2.22. The van der Waals surface area contributed by atoms with Crippen LogP contribution >= 0.6 is 0 Å². The number of benzene rings is 1. The minimum atomic E-state index is -1.55. The molecule has 3 unspecified atom stereocenters. The van der Waals surface area contributed by atoms with Crippen molar-refractivity contribution in [3.05, 3.63) is 35.6 Å². The molecule has 4 nitrogen and oxygen atoms in total. The van der Waals surface area contributed by atoms with Crippen LogP contribution in [0.1, 0.15) is 39.2 Å². The summed E-state index contributed by atoms with van der Waals surface area (Å²) in [6, 6.07) is 5.15. The van der Waals surface area contributed by atoms with Crippen molar-refractivity contribution in [1.82, 2.24) is 5.32 Å². The van der Waals surface area contributed by atoms with E-state index in [0.717, 1.165) is 12.8 Å². The molecule has 2 rings (SSSR count). The lowest BCUT2D eigenvalue weighted by Crippen LogP contribution is -2.50. The van der Waals surface area contributed by atoms with Crippen molar-refractivity contribution in [1.29, 1.82) is 0 Å². The van der Waals surface area contributed by atoms with E-state index in [-0.39, 0.29) is 17.2 Å². The van der Waals surface area contributed by atoms with Gasteiger partial charge < -0.3 is 10.4 Å². The first-order valence-electron chi connectivity index (χ1n) is 7.04. The predicted octanol–water partition coefficient (Wildman–Crippen LogP) is 2.68. The second-order valence-electron chi connectivity index (χ2n) is 6.19. The van der Waals surface area contributed by atoms with E-state index in [1.807, 2.05) is 13.8 Å². The van der Waals surface area contributed by atoms with E-state index in [1.54, 1.807) is 0 Å². The van der Waals surface area contributed by atoms with Crippen LogP contribution in [0.4, 0.5) is 4.39 Å². The maximum atomic E-state index is 13.0. The number of carbonyl (C=O) groups is 2. The predicted molar refractivity (Wildman–Crippen MR) is 76.0 cm³/mol. The highest BCUT2D eigenvalue weighted by atomic mass is 19.1. The van der Waals surface area contributed by atoms with Crippen molar-refractivity contribution in [3.8, 4) is 0 Å². The topological polar surface area (TPSA) is 66.4 Å². The van der Waals surface area contributed by atoms with Crippen molar-refractivity contribution in [2.75, 3.05) is 0 Å². The zero-order valence-electron chi connectivity index (χ0n) is 12.4. The van der Waals surface area contributed by atoms with Gasteiger partial charge in [-0.25, -0.2) is 9.18 Å². The van der Waals surface area contributed by atoms with Crippen LogP contribution in [-0.4, -0.2) is 17.0 Å². The molecule has 3 atom stereocenters. The summed E-state index contributed by atoms with van der Waals surface area (Å²) in [5, 5.41) is 12.1. The molecular weight excluding hydrogens is 273 g/mol. The second kappa shape index (κ2) is 5.13. The summed E-state index contributed by atoms with van der Waals surface area (Å²) < 4.78 is 13.0. The molecular formula is C16H20FNO3. The number of carboxylic acid groups (broad SMARTS) is 1. The molecule has 0 heterocycles. The Labute approximate surface area is 123 Å². The fraction of sp³-hybridized carbons (Fsp3) is 0.500. The van der Waals surface area contributed by atoms with Crippen molar-refractivity contribution in [2.24, 2.45) is 11.3 Å². The zero-order chi connectivity index (χ0) is 15.8. The number of amides is 1. The van der Waals surface area contributed by atoms with Crippen LogP contribution in [0.3, 0.4) is 0 Å². The molecule has 114 valence electrons. The number of hydrogen-bond acceptors (Lipinski definition) is 2. The maximum absolute atomic E-state index is 13.0. The molecule has 21 heavy (non-hydrogen) atoms. The summed E-state index contributed by atoms with van der Waals surface area (Å²) >= 11 is 0. The normalized spacial score (nSPS) is 26.8. The van der Waals surface area contributed by atoms with Gasteiger partial charge in [-0.1, -0.05) is 26.0 Å². The van der Waals surface area contributed by atoms with E-state index in [2.05, 4.69) is 5.32 Å². The van der Waals surface area contributed by atoms with Gasteiger partial charge in [0.05, 0.1) is 0 Å². The lowest BCUT2D eigenvalue weighted by Gasteiger charge is -2.27. The standard InChI is InChI=1S/C16H20FNO3/c1-4-15(2)9-12(15)13(19)18-16(3,14(20)21)10-5-7-11(17)8-6-10/h5-8,12H,4,9H2,1-3H3,(H,18,19)(H,20,21). The Hall–Kier alpha value is -1.91. The monoisotopic (exact) mass is 293 g/mol. The largest absolute Gasteiger partial charge is 0.479 e. The number of hydrogen-bond donors (Lipinski definition) is 2. The Kier molecular flexibility index (Phi) is 3.78. The SMILES string of the molecule is CCC1(C)CC1C(=O)NC(C)(C(=O)O)c1ccc(F)cc1. The smallest absolute Gasteiger partial charge is 0.333 e. The fourth-order valence-corrected chi connectivity index (χ4v) is 2.57. The molecule has 0 aliphatic heterocycles. The van der Waals surface area contributed by atoms with Crippen LogP contribution in [0.5, 0.6) is 0 Å². The van der Waals surface area contributed by atoms with Crippen LogP contribution in [0, 0.1) is 17.2 Å². The van der Waals surface area contributed by atoms with Crippen LogP contribution in [0.2, 0.25) is 0 Å². The molecule has 0 spiro atoms. The molecule has 1 aromatic rings. The highest BCUT2D eigenvalue weighted by Gasteiger charge is 2.54. The van der Waals surface area contributed by atoms with Gasteiger partial charge in [-0.15, -0.1) is 0 Å². The molecule has 0 bridgehead atoms. The van der Waals surface area contributed by atoms with Gasteiger partial charge in [-0.3, -0.25) is 4.79 Å². The highest BCUT2D eigenvalue weighted by molar-refractivity contribution is 5.90. The number of aliphatic carboxylic acids is 1. The molecule has 5 heteroatoms. The van der Waals surface area contributed by atoms with Crippen LogP contribution in [0.15, 0.2) is 24.3 Å². The maximum Gasteiger partial charge on any atom is 0.333 e. The number of rotatable bonds is 5. The van der Waals surface area contributed by atoms with E-state index >= 15 is 0 Å². The zero-order valence-corrected chi connectivity index (χ0v) is 12.4. The average Bonchev–Trinajstić information content (AvgIpc) is 3.12. The van der Waals surface area contributed by atoms with Gasteiger partial charge in [0.25, 0.3) is 0 Å². The summed E-state index contributed by atoms with van der Waals surface area (Å²) in [5.74, 6) is -2.02. The number of nitrogens with one attached hydrogen (secondary N) is 1. The van der Waals surface area contributed by atoms with E-state index in [0.29, 0.717) is 5.56 Å². The third kappa shape index (κ3) is 2.77. The van der Waals surface area contributed by atoms with Crippen LogP contribution in [-0.2, 0) is 15.1 Å². The molecule has 2 N–H and O–H groups in total. The minimum absolute atomic E-state index is 0.0354. The van der Waals surface area contributed by atoms with Crippen molar-refractivity contribution in [3.63, 3.8) is 0 Å². The van der Waals surface area contributed by atoms with Gasteiger partial charge >= 0.3 is 5.97 Å². The van der Waals surface area contributed by atoms with Gasteiger partial charge in [-0.2, -0.15) is 0 Å². The molecule has 1 amide bonds. The first-order valence-corrected chi connectivity index (χ1v) is 7.04. The van der Waals surface area contributed by atoms with Crippen molar-refractivity contribution >= 4 is 11.9 Å². The lowest BCUT2D eigenvalue weighted by atomic mass is 9.91. The van der Waals surface area contributed by atoms with E-state index in [1.165, 1.54) is 31.2 Å². The third-order valence-electron chi connectivity index (χ3n) is 4.70. The van der Waals surface area contributed by atoms with Crippen LogP contribution in [0.25, 0.3) is 0 Å². The van der Waals surface area contributed by atoms with E-state index in [9.17, 15) is 19.1 Å². The van der Waals surface area contributed by atoms with Crippen molar-refractivity contribution in [2.45, 2.75) is 39.2 Å². The molecule has 1 saturated carbocycles. The molecule has 1 fully saturated rings. The molecule has 1 aliphatic rings. The molecule has 1 aliphatic carbocycles. The second-order valence-corrected chi connectivity index (χ2v) is 6.19.